The van der Waals surface area contributed by atoms with Crippen LogP contribution in [0.25, 0.3) is 22.0 Å². The maximum atomic E-state index is 13.1. The molecule has 31 heavy (non-hydrogen) atoms. The van der Waals surface area contributed by atoms with E-state index in [2.05, 4.69) is 18.0 Å². The summed E-state index contributed by atoms with van der Waals surface area (Å²) in [5.41, 5.74) is 5.65. The van der Waals surface area contributed by atoms with Gasteiger partial charge in [0.1, 0.15) is 5.52 Å². The van der Waals surface area contributed by atoms with E-state index < -0.39 is 0 Å². The molecule has 0 spiro atoms. The fraction of sp³-hybridized carbons (Fsp3) is 0.320. The normalized spacial score (nSPS) is 15.1. The summed E-state index contributed by atoms with van der Waals surface area (Å²) in [7, 11) is 0. The van der Waals surface area contributed by atoms with Crippen LogP contribution < -0.4 is 0 Å². The maximum Gasteiger partial charge on any atom is 0.227 e. The topological polar surface area (TPSA) is 59.2 Å². The van der Waals surface area contributed by atoms with Crippen molar-refractivity contribution >= 4 is 39.5 Å². The lowest BCUT2D eigenvalue weighted by Gasteiger charge is -2.31. The molecule has 0 bridgehead atoms. The highest BCUT2D eigenvalue weighted by atomic mass is 35.5. The summed E-state index contributed by atoms with van der Waals surface area (Å²) in [6.07, 6.45) is 2.09. The Morgan fingerprint density at radius 3 is 2.68 bits per heavy atom. The summed E-state index contributed by atoms with van der Waals surface area (Å²) in [5.74, 6) is 1.13. The molecule has 2 aromatic carbocycles. The third kappa shape index (κ3) is 3.79. The van der Waals surface area contributed by atoms with Crippen molar-refractivity contribution < 1.29 is 9.21 Å². The number of piperidine rings is 1. The minimum Gasteiger partial charge on any atom is -0.440 e. The van der Waals surface area contributed by atoms with E-state index in [-0.39, 0.29) is 11.8 Å². The Bertz CT molecular complexity index is 1290. The van der Waals surface area contributed by atoms with Crippen molar-refractivity contribution in [2.45, 2.75) is 39.0 Å². The number of para-hydroxylation sites is 1. The highest BCUT2D eigenvalue weighted by Crippen LogP contribution is 2.31. The van der Waals surface area contributed by atoms with Crippen molar-refractivity contribution in [2.24, 2.45) is 0 Å². The second-order valence-corrected chi connectivity index (χ2v) is 8.75. The van der Waals surface area contributed by atoms with Gasteiger partial charge in [-0.3, -0.25) is 9.78 Å². The van der Waals surface area contributed by atoms with Crippen molar-refractivity contribution in [3.8, 4) is 0 Å². The van der Waals surface area contributed by atoms with Crippen molar-refractivity contribution in [2.75, 3.05) is 13.1 Å². The van der Waals surface area contributed by atoms with E-state index in [1.165, 1.54) is 0 Å². The number of amides is 1. The fourth-order valence-corrected chi connectivity index (χ4v) is 4.73. The molecule has 1 amide bonds. The molecule has 1 aliphatic heterocycles. The fourth-order valence-electron chi connectivity index (χ4n) is 4.56. The van der Waals surface area contributed by atoms with Crippen LogP contribution in [0.3, 0.4) is 0 Å². The van der Waals surface area contributed by atoms with Gasteiger partial charge in [0.25, 0.3) is 0 Å². The first kappa shape index (κ1) is 20.0. The first-order valence-corrected chi connectivity index (χ1v) is 11.1. The average Bonchev–Trinajstić information content (AvgIpc) is 3.20. The zero-order valence-electron chi connectivity index (χ0n) is 17.7. The van der Waals surface area contributed by atoms with Crippen molar-refractivity contribution in [1.29, 1.82) is 0 Å². The summed E-state index contributed by atoms with van der Waals surface area (Å²) in [6.45, 7) is 5.50. The predicted molar refractivity (Wildman–Crippen MR) is 122 cm³/mol. The summed E-state index contributed by atoms with van der Waals surface area (Å²) in [6, 6.07) is 13.6. The van der Waals surface area contributed by atoms with Crippen molar-refractivity contribution in [3.63, 3.8) is 0 Å². The Morgan fingerprint density at radius 2 is 1.87 bits per heavy atom. The largest absolute Gasteiger partial charge is 0.440 e. The van der Waals surface area contributed by atoms with Crippen LogP contribution in [0.15, 0.2) is 46.9 Å². The number of oxazole rings is 1. The third-order valence-corrected chi connectivity index (χ3v) is 6.61. The molecule has 0 saturated carbocycles. The van der Waals surface area contributed by atoms with Gasteiger partial charge < -0.3 is 9.32 Å². The Hall–Kier alpha value is -2.92. The molecule has 0 radical (unpaired) electrons. The molecule has 1 fully saturated rings. The minimum absolute atomic E-state index is 0.158. The summed E-state index contributed by atoms with van der Waals surface area (Å²) in [5, 5.41) is 1.77. The van der Waals surface area contributed by atoms with E-state index in [0.29, 0.717) is 24.5 Å². The van der Waals surface area contributed by atoms with Gasteiger partial charge in [-0.25, -0.2) is 4.98 Å². The average molecular weight is 434 g/mol. The lowest BCUT2D eigenvalue weighted by molar-refractivity contribution is -0.131. The Labute approximate surface area is 186 Å². The molecule has 0 aliphatic carbocycles. The quantitative estimate of drug-likeness (QED) is 0.422. The van der Waals surface area contributed by atoms with Gasteiger partial charge in [0.05, 0.1) is 11.9 Å². The Morgan fingerprint density at radius 1 is 1.10 bits per heavy atom. The summed E-state index contributed by atoms with van der Waals surface area (Å²) in [4.78, 5) is 24.4. The number of pyridine rings is 1. The number of rotatable bonds is 3. The van der Waals surface area contributed by atoms with Crippen LogP contribution in [-0.2, 0) is 11.2 Å². The lowest BCUT2D eigenvalue weighted by Crippen LogP contribution is -2.39. The zero-order valence-corrected chi connectivity index (χ0v) is 18.4. The van der Waals surface area contributed by atoms with Gasteiger partial charge in [-0.1, -0.05) is 29.8 Å². The zero-order chi connectivity index (χ0) is 21.5. The number of carbonyl (C=O) groups is 1. The number of halogens is 1. The number of hydrogen-bond acceptors (Lipinski definition) is 4. The first-order chi connectivity index (χ1) is 15.0. The lowest BCUT2D eigenvalue weighted by atomic mass is 9.95. The molecule has 0 unspecified atom stereocenters. The van der Waals surface area contributed by atoms with Gasteiger partial charge >= 0.3 is 0 Å². The number of fused-ring (bicyclic) bond motifs is 2. The van der Waals surface area contributed by atoms with E-state index in [4.69, 9.17) is 21.0 Å². The Balaban J connectivity index is 1.28. The van der Waals surface area contributed by atoms with Crippen LogP contribution in [0.5, 0.6) is 0 Å². The molecular formula is C25H24ClN3O2. The number of likely N-dealkylation sites (tertiary alicyclic amines) is 1. The molecular weight excluding hydrogens is 410 g/mol. The second-order valence-electron chi connectivity index (χ2n) is 8.31. The first-order valence-electron chi connectivity index (χ1n) is 10.7. The maximum absolute atomic E-state index is 13.1. The number of aromatic nitrogens is 2. The van der Waals surface area contributed by atoms with Crippen molar-refractivity contribution in [3.05, 3.63) is 70.2 Å². The molecule has 6 heteroatoms. The smallest absolute Gasteiger partial charge is 0.227 e. The molecule has 3 heterocycles. The molecule has 0 N–H and O–H groups in total. The van der Waals surface area contributed by atoms with Gasteiger partial charge in [0.2, 0.25) is 5.91 Å². The molecule has 5 nitrogen and oxygen atoms in total. The highest BCUT2D eigenvalue weighted by molar-refractivity contribution is 6.31. The van der Waals surface area contributed by atoms with Crippen LogP contribution in [-0.4, -0.2) is 33.9 Å². The molecule has 0 atom stereocenters. The van der Waals surface area contributed by atoms with Crippen LogP contribution in [0, 0.1) is 13.8 Å². The van der Waals surface area contributed by atoms with Gasteiger partial charge in [-0.2, -0.15) is 0 Å². The van der Waals surface area contributed by atoms with Gasteiger partial charge in [-0.05, 0) is 62.1 Å². The molecule has 1 saturated heterocycles. The second kappa shape index (κ2) is 7.97. The number of benzene rings is 2. The third-order valence-electron chi connectivity index (χ3n) is 6.38. The van der Waals surface area contributed by atoms with Crippen LogP contribution in [0.2, 0.25) is 5.02 Å². The molecule has 4 aromatic rings. The molecule has 5 rings (SSSR count). The van der Waals surface area contributed by atoms with E-state index in [0.717, 1.165) is 57.6 Å². The van der Waals surface area contributed by atoms with Gasteiger partial charge in [-0.15, -0.1) is 0 Å². The van der Waals surface area contributed by atoms with Gasteiger partial charge in [0, 0.05) is 35.1 Å². The van der Waals surface area contributed by atoms with Crippen molar-refractivity contribution in [1.82, 2.24) is 14.9 Å². The molecule has 2 aromatic heterocycles. The monoisotopic (exact) mass is 433 g/mol. The number of carbonyl (C=O) groups excluding carboxylic acids is 1. The predicted octanol–water partition coefficient (Wildman–Crippen LogP) is 5.59. The van der Waals surface area contributed by atoms with Crippen LogP contribution in [0.1, 0.15) is 41.5 Å². The number of aryl methyl sites for hydroxylation is 2. The molecule has 1 aliphatic rings. The Kier molecular flexibility index (Phi) is 5.14. The minimum atomic E-state index is 0.158. The number of nitrogens with zero attached hydrogens (tertiary/aromatic N) is 3. The standard InChI is InChI=1S/C25H24ClN3O2/c1-15-19-5-3-4-6-21(19)27-16(2)20(15)14-24(30)29-11-9-17(10-12-29)25-28-22-13-18(26)7-8-23(22)31-25/h3-8,13,17H,9-12,14H2,1-2H3. The van der Waals surface area contributed by atoms with Gasteiger partial charge in [0.15, 0.2) is 11.5 Å². The number of hydrogen-bond donors (Lipinski definition) is 0. The van der Waals surface area contributed by atoms with E-state index in [9.17, 15) is 4.79 Å². The van der Waals surface area contributed by atoms with E-state index in [1.54, 1.807) is 0 Å². The highest BCUT2D eigenvalue weighted by Gasteiger charge is 2.27. The molecule has 158 valence electrons. The SMILES string of the molecule is Cc1nc2ccccc2c(C)c1CC(=O)N1CCC(c2nc3cc(Cl)ccc3o2)CC1. The van der Waals surface area contributed by atoms with E-state index >= 15 is 0 Å². The summed E-state index contributed by atoms with van der Waals surface area (Å²) >= 11 is 6.06. The van der Waals surface area contributed by atoms with Crippen LogP contribution in [0.4, 0.5) is 0 Å². The van der Waals surface area contributed by atoms with Crippen LogP contribution >= 0.6 is 11.6 Å². The van der Waals surface area contributed by atoms with E-state index in [1.807, 2.05) is 48.2 Å². The summed E-state index contributed by atoms with van der Waals surface area (Å²) < 4.78 is 5.94.